The SMILES string of the molecule is CCOC(=O)c1cc(-c2ccc(Br)c(C)c2)n(CCOC2CCCCO2)n1. The number of carbonyl (C=O) groups excluding carboxylic acids is 1. The number of hydrogen-bond acceptors (Lipinski definition) is 5. The Morgan fingerprint density at radius 2 is 2.22 bits per heavy atom. The molecule has 2 aromatic rings. The van der Waals surface area contributed by atoms with E-state index in [4.69, 9.17) is 14.2 Å². The monoisotopic (exact) mass is 436 g/mol. The van der Waals surface area contributed by atoms with Crippen LogP contribution in [-0.2, 0) is 20.8 Å². The van der Waals surface area contributed by atoms with Crippen LogP contribution in [0.4, 0.5) is 0 Å². The van der Waals surface area contributed by atoms with E-state index in [2.05, 4.69) is 27.1 Å². The molecule has 1 aromatic carbocycles. The Hall–Kier alpha value is -1.70. The van der Waals surface area contributed by atoms with Crippen LogP contribution in [0.2, 0.25) is 0 Å². The minimum atomic E-state index is -0.414. The number of halogens is 1. The molecule has 0 N–H and O–H groups in total. The summed E-state index contributed by atoms with van der Waals surface area (Å²) in [6.07, 6.45) is 3.00. The summed E-state index contributed by atoms with van der Waals surface area (Å²) in [5, 5.41) is 4.45. The summed E-state index contributed by atoms with van der Waals surface area (Å²) in [7, 11) is 0. The summed E-state index contributed by atoms with van der Waals surface area (Å²) >= 11 is 3.52. The first-order valence-electron chi connectivity index (χ1n) is 9.33. The van der Waals surface area contributed by atoms with Gasteiger partial charge in [-0.25, -0.2) is 4.79 Å². The van der Waals surface area contributed by atoms with Gasteiger partial charge in [-0.05, 0) is 56.9 Å². The lowest BCUT2D eigenvalue weighted by Crippen LogP contribution is -2.24. The summed E-state index contributed by atoms with van der Waals surface area (Å²) in [5.41, 5.74) is 3.28. The maximum Gasteiger partial charge on any atom is 0.358 e. The van der Waals surface area contributed by atoms with Crippen molar-refractivity contribution in [2.45, 2.75) is 45.9 Å². The van der Waals surface area contributed by atoms with Gasteiger partial charge >= 0.3 is 5.97 Å². The van der Waals surface area contributed by atoms with Gasteiger partial charge in [0.05, 0.1) is 25.5 Å². The predicted octanol–water partition coefficient (Wildman–Crippen LogP) is 4.34. The zero-order valence-corrected chi connectivity index (χ0v) is 17.3. The number of aryl methyl sites for hydroxylation is 1. The van der Waals surface area contributed by atoms with E-state index < -0.39 is 5.97 Å². The predicted molar refractivity (Wildman–Crippen MR) is 106 cm³/mol. The average molecular weight is 437 g/mol. The second-order valence-electron chi connectivity index (χ2n) is 6.49. The topological polar surface area (TPSA) is 62.6 Å². The van der Waals surface area contributed by atoms with Gasteiger partial charge in [-0.2, -0.15) is 5.10 Å². The lowest BCUT2D eigenvalue weighted by molar-refractivity contribution is -0.163. The molecule has 1 aromatic heterocycles. The molecule has 0 saturated carbocycles. The van der Waals surface area contributed by atoms with E-state index in [-0.39, 0.29) is 6.29 Å². The number of aromatic nitrogens is 2. The van der Waals surface area contributed by atoms with Crippen molar-refractivity contribution >= 4 is 21.9 Å². The van der Waals surface area contributed by atoms with Gasteiger partial charge < -0.3 is 14.2 Å². The number of ether oxygens (including phenoxy) is 3. The number of nitrogens with zero attached hydrogens (tertiary/aromatic N) is 2. The van der Waals surface area contributed by atoms with E-state index in [0.29, 0.717) is 25.5 Å². The summed E-state index contributed by atoms with van der Waals surface area (Å²) in [5.74, 6) is -0.414. The molecule has 2 heterocycles. The molecule has 0 amide bonds. The smallest absolute Gasteiger partial charge is 0.358 e. The Labute approximate surface area is 167 Å². The van der Waals surface area contributed by atoms with Crippen molar-refractivity contribution in [1.82, 2.24) is 9.78 Å². The summed E-state index contributed by atoms with van der Waals surface area (Å²) in [4.78, 5) is 12.1. The number of hydrogen-bond donors (Lipinski definition) is 0. The molecule has 0 radical (unpaired) electrons. The quantitative estimate of drug-likeness (QED) is 0.603. The first-order chi connectivity index (χ1) is 13.1. The molecule has 0 bridgehead atoms. The number of carbonyl (C=O) groups is 1. The van der Waals surface area contributed by atoms with Crippen LogP contribution in [0, 0.1) is 6.92 Å². The largest absolute Gasteiger partial charge is 0.461 e. The van der Waals surface area contributed by atoms with Crippen molar-refractivity contribution in [2.75, 3.05) is 19.8 Å². The highest BCUT2D eigenvalue weighted by atomic mass is 79.9. The Morgan fingerprint density at radius 3 is 2.93 bits per heavy atom. The third-order valence-electron chi connectivity index (χ3n) is 4.46. The standard InChI is InChI=1S/C20H25BrN2O4/c1-3-25-20(24)17-13-18(15-7-8-16(21)14(2)12-15)23(22-17)9-11-27-19-6-4-5-10-26-19/h7-8,12-13,19H,3-6,9-11H2,1-2H3. The summed E-state index contributed by atoms with van der Waals surface area (Å²) in [6, 6.07) is 7.85. The first kappa shape index (κ1) is 20.0. The molecule has 146 valence electrons. The van der Waals surface area contributed by atoms with E-state index >= 15 is 0 Å². The molecule has 1 unspecified atom stereocenters. The van der Waals surface area contributed by atoms with Gasteiger partial charge in [-0.1, -0.05) is 22.0 Å². The second-order valence-corrected chi connectivity index (χ2v) is 7.34. The van der Waals surface area contributed by atoms with E-state index in [1.807, 2.05) is 19.1 Å². The zero-order chi connectivity index (χ0) is 19.2. The molecule has 27 heavy (non-hydrogen) atoms. The molecule has 3 rings (SSSR count). The minimum absolute atomic E-state index is 0.141. The molecular weight excluding hydrogens is 412 g/mol. The van der Waals surface area contributed by atoms with Crippen LogP contribution in [0.15, 0.2) is 28.7 Å². The highest BCUT2D eigenvalue weighted by Gasteiger charge is 2.18. The maximum atomic E-state index is 12.1. The Bertz CT molecular complexity index is 784. The number of rotatable bonds is 7. The van der Waals surface area contributed by atoms with Crippen LogP contribution in [-0.4, -0.2) is 41.9 Å². The summed E-state index contributed by atoms with van der Waals surface area (Å²) < 4.78 is 19.4. The minimum Gasteiger partial charge on any atom is -0.461 e. The van der Waals surface area contributed by atoms with Gasteiger partial charge in [0.25, 0.3) is 0 Å². The fourth-order valence-electron chi connectivity index (χ4n) is 3.04. The Balaban J connectivity index is 1.78. The normalized spacial score (nSPS) is 17.1. The van der Waals surface area contributed by atoms with Crippen molar-refractivity contribution in [3.63, 3.8) is 0 Å². The fourth-order valence-corrected chi connectivity index (χ4v) is 3.29. The maximum absolute atomic E-state index is 12.1. The van der Waals surface area contributed by atoms with Gasteiger partial charge in [0.15, 0.2) is 12.0 Å². The van der Waals surface area contributed by atoms with Gasteiger partial charge in [-0.15, -0.1) is 0 Å². The van der Waals surface area contributed by atoms with Gasteiger partial charge in [-0.3, -0.25) is 4.68 Å². The van der Waals surface area contributed by atoms with Crippen LogP contribution < -0.4 is 0 Å². The Kier molecular flexibility index (Phi) is 7.04. The number of benzene rings is 1. The highest BCUT2D eigenvalue weighted by molar-refractivity contribution is 9.10. The summed E-state index contributed by atoms with van der Waals surface area (Å²) in [6.45, 7) is 5.89. The van der Waals surface area contributed by atoms with E-state index in [9.17, 15) is 4.79 Å². The Morgan fingerprint density at radius 1 is 1.37 bits per heavy atom. The lowest BCUT2D eigenvalue weighted by Gasteiger charge is -2.22. The average Bonchev–Trinajstić information content (AvgIpc) is 3.09. The van der Waals surface area contributed by atoms with Crippen molar-refractivity contribution in [3.05, 3.63) is 40.0 Å². The third kappa shape index (κ3) is 5.18. The molecule has 0 spiro atoms. The van der Waals surface area contributed by atoms with Crippen molar-refractivity contribution in [1.29, 1.82) is 0 Å². The lowest BCUT2D eigenvalue weighted by atomic mass is 10.1. The molecular formula is C20H25BrN2O4. The van der Waals surface area contributed by atoms with E-state index in [1.54, 1.807) is 17.7 Å². The van der Waals surface area contributed by atoms with Gasteiger partial charge in [0.1, 0.15) is 0 Å². The fraction of sp³-hybridized carbons (Fsp3) is 0.500. The molecule has 6 nitrogen and oxygen atoms in total. The molecule has 1 aliphatic heterocycles. The second kappa shape index (κ2) is 9.48. The highest BCUT2D eigenvalue weighted by Crippen LogP contribution is 2.26. The number of esters is 1. The van der Waals surface area contributed by atoms with Gasteiger partial charge in [0, 0.05) is 16.6 Å². The van der Waals surface area contributed by atoms with Crippen molar-refractivity contribution in [2.24, 2.45) is 0 Å². The van der Waals surface area contributed by atoms with Crippen LogP contribution in [0.5, 0.6) is 0 Å². The van der Waals surface area contributed by atoms with Crippen LogP contribution in [0.1, 0.15) is 42.2 Å². The van der Waals surface area contributed by atoms with E-state index in [1.165, 1.54) is 0 Å². The van der Waals surface area contributed by atoms with Gasteiger partial charge in [0.2, 0.25) is 0 Å². The molecule has 7 heteroatoms. The van der Waals surface area contributed by atoms with Crippen LogP contribution >= 0.6 is 15.9 Å². The molecule has 0 aliphatic carbocycles. The van der Waals surface area contributed by atoms with Crippen molar-refractivity contribution in [3.8, 4) is 11.3 Å². The molecule has 1 atom stereocenters. The van der Waals surface area contributed by atoms with Crippen LogP contribution in [0.25, 0.3) is 11.3 Å². The molecule has 1 aliphatic rings. The van der Waals surface area contributed by atoms with Crippen LogP contribution in [0.3, 0.4) is 0 Å². The zero-order valence-electron chi connectivity index (χ0n) is 15.7. The first-order valence-corrected chi connectivity index (χ1v) is 10.1. The van der Waals surface area contributed by atoms with E-state index in [0.717, 1.165) is 47.2 Å². The third-order valence-corrected chi connectivity index (χ3v) is 5.35. The van der Waals surface area contributed by atoms with Crippen molar-refractivity contribution < 1.29 is 19.0 Å². The molecule has 1 saturated heterocycles. The molecule has 1 fully saturated rings.